The number of amides is 1. The number of benzene rings is 1. The Balaban J connectivity index is 1.86. The molecule has 0 aromatic heterocycles. The zero-order valence-corrected chi connectivity index (χ0v) is 17.3. The zero-order chi connectivity index (χ0) is 21.2. The predicted molar refractivity (Wildman–Crippen MR) is 110 cm³/mol. The Hall–Kier alpha value is -2.39. The van der Waals surface area contributed by atoms with E-state index in [0.717, 1.165) is 12.0 Å². The zero-order valence-electron chi connectivity index (χ0n) is 17.3. The highest BCUT2D eigenvalue weighted by Gasteiger charge is 2.32. The van der Waals surface area contributed by atoms with Gasteiger partial charge in [0.1, 0.15) is 0 Å². The topological polar surface area (TPSA) is 97.0 Å². The lowest BCUT2D eigenvalue weighted by Gasteiger charge is -2.25. The first-order valence-corrected chi connectivity index (χ1v) is 10.0. The molecule has 1 saturated heterocycles. The van der Waals surface area contributed by atoms with Crippen LogP contribution < -0.4 is 10.6 Å². The van der Waals surface area contributed by atoms with Crippen LogP contribution in [0.3, 0.4) is 0 Å². The summed E-state index contributed by atoms with van der Waals surface area (Å²) in [6.45, 7) is 4.94. The first-order valence-electron chi connectivity index (χ1n) is 10.0. The van der Waals surface area contributed by atoms with Crippen LogP contribution in [0.2, 0.25) is 6.32 Å². The fraction of sp³-hybridized carbons (Fsp3) is 0.550. The molecular formula is C20H30BN3O5. The summed E-state index contributed by atoms with van der Waals surface area (Å²) in [4.78, 5) is 37.8. The SMILES string of the molecule is CCC(C)[C@H](NCCB1OC(=O)CN(C)CC(=O)O1)C(=O)NCc1ccccc1. The number of hydrogen-bond donors (Lipinski definition) is 2. The van der Waals surface area contributed by atoms with Gasteiger partial charge in [0, 0.05) is 12.9 Å². The van der Waals surface area contributed by atoms with Crippen molar-refractivity contribution in [2.24, 2.45) is 5.92 Å². The average Bonchev–Trinajstić information content (AvgIpc) is 2.68. The molecule has 0 bridgehead atoms. The van der Waals surface area contributed by atoms with Gasteiger partial charge in [-0.1, -0.05) is 50.6 Å². The van der Waals surface area contributed by atoms with Crippen LogP contribution in [0.25, 0.3) is 0 Å². The van der Waals surface area contributed by atoms with Gasteiger partial charge in [-0.05, 0) is 25.1 Å². The van der Waals surface area contributed by atoms with Crippen LogP contribution in [-0.2, 0) is 30.2 Å². The maximum Gasteiger partial charge on any atom is 0.599 e. The fourth-order valence-electron chi connectivity index (χ4n) is 3.05. The number of carbonyl (C=O) groups is 3. The molecule has 1 fully saturated rings. The second-order valence-corrected chi connectivity index (χ2v) is 7.39. The molecule has 0 spiro atoms. The van der Waals surface area contributed by atoms with Gasteiger partial charge in [-0.3, -0.25) is 19.3 Å². The molecule has 2 N–H and O–H groups in total. The quantitative estimate of drug-likeness (QED) is 0.590. The van der Waals surface area contributed by atoms with Crippen molar-refractivity contribution in [3.8, 4) is 0 Å². The summed E-state index contributed by atoms with van der Waals surface area (Å²) in [7, 11) is 0.705. The maximum absolute atomic E-state index is 12.7. The smallest absolute Gasteiger partial charge is 0.498 e. The molecule has 8 nitrogen and oxygen atoms in total. The normalized spacial score (nSPS) is 17.6. The Morgan fingerprint density at radius 2 is 1.79 bits per heavy atom. The summed E-state index contributed by atoms with van der Waals surface area (Å²) in [5.74, 6) is -0.855. The molecule has 9 heteroatoms. The van der Waals surface area contributed by atoms with Crippen molar-refractivity contribution in [3.05, 3.63) is 35.9 Å². The molecule has 1 aromatic carbocycles. The Morgan fingerprint density at radius 3 is 2.38 bits per heavy atom. The van der Waals surface area contributed by atoms with E-state index in [4.69, 9.17) is 9.31 Å². The molecule has 0 saturated carbocycles. The highest BCUT2D eigenvalue weighted by molar-refractivity contribution is 6.49. The largest absolute Gasteiger partial charge is 0.599 e. The van der Waals surface area contributed by atoms with E-state index in [0.29, 0.717) is 13.1 Å². The average molecular weight is 403 g/mol. The summed E-state index contributed by atoms with van der Waals surface area (Å²) in [6, 6.07) is 9.32. The molecule has 2 atom stereocenters. The maximum atomic E-state index is 12.7. The van der Waals surface area contributed by atoms with Crippen LogP contribution >= 0.6 is 0 Å². The molecule has 158 valence electrons. The van der Waals surface area contributed by atoms with E-state index in [1.54, 1.807) is 7.05 Å². The summed E-state index contributed by atoms with van der Waals surface area (Å²) in [5.41, 5.74) is 1.03. The van der Waals surface area contributed by atoms with Gasteiger partial charge in [-0.25, -0.2) is 0 Å². The number of likely N-dealkylation sites (N-methyl/N-ethyl adjacent to an activating group) is 1. The van der Waals surface area contributed by atoms with Gasteiger partial charge in [0.15, 0.2) is 0 Å². The Morgan fingerprint density at radius 1 is 1.17 bits per heavy atom. The molecule has 1 aliphatic rings. The Labute approximate surface area is 172 Å². The third-order valence-corrected chi connectivity index (χ3v) is 4.87. The van der Waals surface area contributed by atoms with Crippen molar-refractivity contribution in [2.75, 3.05) is 26.7 Å². The van der Waals surface area contributed by atoms with Gasteiger partial charge in [0.25, 0.3) is 0 Å². The van der Waals surface area contributed by atoms with Crippen molar-refractivity contribution < 1.29 is 23.7 Å². The molecule has 1 unspecified atom stereocenters. The molecule has 0 radical (unpaired) electrons. The number of hydrogen-bond acceptors (Lipinski definition) is 7. The lowest BCUT2D eigenvalue weighted by molar-refractivity contribution is -0.145. The molecule has 2 rings (SSSR count). The van der Waals surface area contributed by atoms with Crippen LogP contribution in [0, 0.1) is 5.92 Å². The van der Waals surface area contributed by atoms with Crippen molar-refractivity contribution >= 4 is 25.0 Å². The molecular weight excluding hydrogens is 373 g/mol. The first kappa shape index (κ1) is 22.9. The monoisotopic (exact) mass is 403 g/mol. The lowest BCUT2D eigenvalue weighted by atomic mass is 9.83. The van der Waals surface area contributed by atoms with Gasteiger partial charge in [0.2, 0.25) is 5.91 Å². The second-order valence-electron chi connectivity index (χ2n) is 7.39. The number of rotatable bonds is 9. The minimum absolute atomic E-state index is 0.0381. The van der Waals surface area contributed by atoms with Crippen molar-refractivity contribution in [2.45, 2.75) is 39.2 Å². The van der Waals surface area contributed by atoms with E-state index in [1.165, 1.54) is 4.90 Å². The van der Waals surface area contributed by atoms with Crippen LogP contribution in [0.1, 0.15) is 25.8 Å². The second kappa shape index (κ2) is 11.6. The summed E-state index contributed by atoms with van der Waals surface area (Å²) in [6.07, 6.45) is 1.11. The molecule has 1 amide bonds. The van der Waals surface area contributed by atoms with E-state index in [-0.39, 0.29) is 31.2 Å². The third-order valence-electron chi connectivity index (χ3n) is 4.87. The van der Waals surface area contributed by atoms with Crippen LogP contribution in [0.5, 0.6) is 0 Å². The summed E-state index contributed by atoms with van der Waals surface area (Å²) in [5, 5.41) is 6.19. The van der Waals surface area contributed by atoms with Gasteiger partial charge < -0.3 is 19.9 Å². The number of nitrogens with zero attached hydrogens (tertiary/aromatic N) is 1. The summed E-state index contributed by atoms with van der Waals surface area (Å²) < 4.78 is 10.4. The summed E-state index contributed by atoms with van der Waals surface area (Å²) >= 11 is 0. The van der Waals surface area contributed by atoms with Crippen LogP contribution in [-0.4, -0.2) is 62.6 Å². The van der Waals surface area contributed by atoms with Crippen molar-refractivity contribution in [1.82, 2.24) is 15.5 Å². The van der Waals surface area contributed by atoms with Gasteiger partial charge >= 0.3 is 19.1 Å². The van der Waals surface area contributed by atoms with Crippen molar-refractivity contribution in [1.29, 1.82) is 0 Å². The minimum Gasteiger partial charge on any atom is -0.498 e. The van der Waals surface area contributed by atoms with Gasteiger partial charge in [0.05, 0.1) is 19.1 Å². The van der Waals surface area contributed by atoms with E-state index >= 15 is 0 Å². The standard InChI is InChI=1S/C20H30BN3O5/c1-4-15(2)19(20(27)23-12-16-8-6-5-7-9-16)22-11-10-21-28-17(25)13-24(3)14-18(26)29-21/h5-9,15,19,22H,4,10-14H2,1-3H3,(H,23,27)/t15?,19-/m0/s1. The highest BCUT2D eigenvalue weighted by atomic mass is 16.6. The Kier molecular flexibility index (Phi) is 9.14. The number of carbonyl (C=O) groups excluding carboxylic acids is 3. The van der Waals surface area contributed by atoms with E-state index in [9.17, 15) is 14.4 Å². The minimum atomic E-state index is -0.943. The molecule has 0 aliphatic carbocycles. The van der Waals surface area contributed by atoms with Crippen molar-refractivity contribution in [3.63, 3.8) is 0 Å². The number of nitrogens with one attached hydrogen (secondary N) is 2. The Bertz CT molecular complexity index is 668. The van der Waals surface area contributed by atoms with Crippen LogP contribution in [0.15, 0.2) is 30.3 Å². The van der Waals surface area contributed by atoms with Crippen LogP contribution in [0.4, 0.5) is 0 Å². The highest BCUT2D eigenvalue weighted by Crippen LogP contribution is 2.10. The predicted octanol–water partition coefficient (Wildman–Crippen LogP) is 0.827. The van der Waals surface area contributed by atoms with E-state index in [2.05, 4.69) is 10.6 Å². The lowest BCUT2D eigenvalue weighted by Crippen LogP contribution is -2.49. The molecule has 1 aromatic rings. The van der Waals surface area contributed by atoms with Gasteiger partial charge in [-0.2, -0.15) is 0 Å². The van der Waals surface area contributed by atoms with Gasteiger partial charge in [-0.15, -0.1) is 0 Å². The van der Waals surface area contributed by atoms with E-state index in [1.807, 2.05) is 44.2 Å². The third kappa shape index (κ3) is 7.87. The molecule has 1 heterocycles. The molecule has 29 heavy (non-hydrogen) atoms. The molecule has 1 aliphatic heterocycles. The van der Waals surface area contributed by atoms with E-state index < -0.39 is 25.1 Å². The first-order chi connectivity index (χ1) is 13.9. The fourth-order valence-corrected chi connectivity index (χ4v) is 3.05.